The van der Waals surface area contributed by atoms with Crippen molar-refractivity contribution in [3.63, 3.8) is 0 Å². The fraction of sp³-hybridized carbons (Fsp3) is 0.370. The lowest BCUT2D eigenvalue weighted by atomic mass is 10.1. The summed E-state index contributed by atoms with van der Waals surface area (Å²) in [6.45, 7) is 4.34. The molecule has 0 bridgehead atoms. The molecule has 1 amide bonds. The van der Waals surface area contributed by atoms with Crippen molar-refractivity contribution < 1.29 is 13.2 Å². The number of hydrogen-bond donors (Lipinski definition) is 0. The van der Waals surface area contributed by atoms with E-state index in [1.54, 1.807) is 29.2 Å². The third kappa shape index (κ3) is 5.95. The number of piperazine rings is 1. The van der Waals surface area contributed by atoms with Crippen molar-refractivity contribution >= 4 is 33.3 Å². The Morgan fingerprint density at radius 1 is 0.973 bits per heavy atom. The number of hydrogen-bond acceptors (Lipinski definition) is 6. The molecule has 2 aliphatic rings. The van der Waals surface area contributed by atoms with Gasteiger partial charge in [0.15, 0.2) is 5.82 Å². The molecular formula is C27H30ClN5O3S. The van der Waals surface area contributed by atoms with Gasteiger partial charge in [0.1, 0.15) is 0 Å². The summed E-state index contributed by atoms with van der Waals surface area (Å²) in [5.74, 6) is 0.897. The third-order valence-electron chi connectivity index (χ3n) is 6.89. The van der Waals surface area contributed by atoms with Crippen LogP contribution < -0.4 is 4.90 Å². The molecule has 0 unspecified atom stereocenters. The second-order valence-corrected chi connectivity index (χ2v) is 12.0. The van der Waals surface area contributed by atoms with E-state index in [9.17, 15) is 13.2 Å². The largest absolute Gasteiger partial charge is 0.352 e. The molecule has 0 radical (unpaired) electrons. The number of aryl methyl sites for hydroxylation is 1. The van der Waals surface area contributed by atoms with Gasteiger partial charge in [-0.15, -0.1) is 10.2 Å². The van der Waals surface area contributed by atoms with Crippen LogP contribution in [-0.2, 0) is 14.8 Å². The Bertz CT molecular complexity index is 1350. The highest BCUT2D eigenvalue weighted by molar-refractivity contribution is 7.89. The van der Waals surface area contributed by atoms with Crippen LogP contribution in [0.1, 0.15) is 18.4 Å². The van der Waals surface area contributed by atoms with Crippen LogP contribution in [0.3, 0.4) is 0 Å². The van der Waals surface area contributed by atoms with Crippen LogP contribution in [-0.4, -0.2) is 73.0 Å². The maximum absolute atomic E-state index is 13.3. The lowest BCUT2D eigenvalue weighted by molar-refractivity contribution is -0.131. The Kier molecular flexibility index (Phi) is 7.46. The number of rotatable bonds is 8. The number of carbonyl (C=O) groups excluding carboxylic acids is 1. The predicted molar refractivity (Wildman–Crippen MR) is 144 cm³/mol. The van der Waals surface area contributed by atoms with Crippen LogP contribution in [0, 0.1) is 12.8 Å². The van der Waals surface area contributed by atoms with Gasteiger partial charge in [-0.25, -0.2) is 8.42 Å². The minimum Gasteiger partial charge on any atom is -0.352 e. The summed E-state index contributed by atoms with van der Waals surface area (Å²) in [7, 11) is -3.74. The molecule has 3 aromatic rings. The van der Waals surface area contributed by atoms with Crippen LogP contribution in [0.25, 0.3) is 11.3 Å². The number of anilines is 1. The molecule has 0 N–H and O–H groups in total. The van der Waals surface area contributed by atoms with E-state index < -0.39 is 10.0 Å². The van der Waals surface area contributed by atoms with Crippen LogP contribution in [0.2, 0.25) is 5.02 Å². The molecule has 37 heavy (non-hydrogen) atoms. The van der Waals surface area contributed by atoms with E-state index in [4.69, 9.17) is 11.6 Å². The molecule has 1 aliphatic carbocycles. The van der Waals surface area contributed by atoms with E-state index in [-0.39, 0.29) is 17.3 Å². The van der Waals surface area contributed by atoms with Gasteiger partial charge in [-0.3, -0.25) is 4.79 Å². The highest BCUT2D eigenvalue weighted by Crippen LogP contribution is 2.32. The minimum atomic E-state index is -3.74. The summed E-state index contributed by atoms with van der Waals surface area (Å²) >= 11 is 6.27. The number of aromatic nitrogens is 2. The lowest BCUT2D eigenvalue weighted by Crippen LogP contribution is -2.52. The maximum Gasteiger partial charge on any atom is 0.243 e. The fourth-order valence-electron chi connectivity index (χ4n) is 4.44. The Labute approximate surface area is 222 Å². The first-order valence-corrected chi connectivity index (χ1v) is 14.3. The zero-order valence-corrected chi connectivity index (χ0v) is 22.3. The van der Waals surface area contributed by atoms with Gasteiger partial charge >= 0.3 is 0 Å². The first kappa shape index (κ1) is 25.6. The van der Waals surface area contributed by atoms with Crippen molar-refractivity contribution in [3.8, 4) is 11.3 Å². The second-order valence-electron chi connectivity index (χ2n) is 9.68. The SMILES string of the molecule is Cc1ccc(S(=O)(=O)N(CC(=O)N2CCN(c3ccc(-c4ccccc4Cl)nn3)CC2)CC2CC2)cc1. The van der Waals surface area contributed by atoms with E-state index in [2.05, 4.69) is 15.1 Å². The fourth-order valence-corrected chi connectivity index (χ4v) is 6.14. The van der Waals surface area contributed by atoms with Gasteiger partial charge in [-0.1, -0.05) is 47.5 Å². The highest BCUT2D eigenvalue weighted by atomic mass is 35.5. The zero-order chi connectivity index (χ0) is 26.0. The normalized spacial score (nSPS) is 16.3. The number of sulfonamides is 1. The van der Waals surface area contributed by atoms with Gasteiger partial charge in [-0.05, 0) is 56.0 Å². The minimum absolute atomic E-state index is 0.140. The molecule has 2 heterocycles. The first-order valence-electron chi connectivity index (χ1n) is 12.5. The summed E-state index contributed by atoms with van der Waals surface area (Å²) in [6.07, 6.45) is 2.01. The maximum atomic E-state index is 13.3. The van der Waals surface area contributed by atoms with E-state index in [1.165, 1.54) is 4.31 Å². The Hall–Kier alpha value is -3.01. The summed E-state index contributed by atoms with van der Waals surface area (Å²) in [5, 5.41) is 9.34. The smallest absolute Gasteiger partial charge is 0.243 e. The van der Waals surface area contributed by atoms with Gasteiger partial charge in [0.05, 0.1) is 22.2 Å². The highest BCUT2D eigenvalue weighted by Gasteiger charge is 2.34. The number of carbonyl (C=O) groups is 1. The van der Waals surface area contributed by atoms with Crippen molar-refractivity contribution in [2.75, 3.05) is 44.2 Å². The molecule has 0 spiro atoms. The Morgan fingerprint density at radius 3 is 2.30 bits per heavy atom. The molecule has 5 rings (SSSR count). The molecule has 10 heteroatoms. The van der Waals surface area contributed by atoms with Crippen LogP contribution in [0.5, 0.6) is 0 Å². The van der Waals surface area contributed by atoms with Crippen molar-refractivity contribution in [2.24, 2.45) is 5.92 Å². The van der Waals surface area contributed by atoms with E-state index in [0.29, 0.717) is 49.4 Å². The van der Waals surface area contributed by atoms with Crippen LogP contribution >= 0.6 is 11.6 Å². The second kappa shape index (κ2) is 10.8. The standard InChI is InChI=1S/C27H30ClN5O3S/c1-20-6-10-22(11-7-20)37(35,36)33(18-21-8-9-21)19-27(34)32-16-14-31(15-17-32)26-13-12-25(29-30-26)23-4-2-3-5-24(23)28/h2-7,10-13,21H,8-9,14-19H2,1H3. The summed E-state index contributed by atoms with van der Waals surface area (Å²) in [6, 6.07) is 18.1. The average Bonchev–Trinajstić information content (AvgIpc) is 3.73. The van der Waals surface area contributed by atoms with Crippen molar-refractivity contribution in [1.82, 2.24) is 19.4 Å². The Balaban J connectivity index is 1.21. The van der Waals surface area contributed by atoms with Crippen molar-refractivity contribution in [1.29, 1.82) is 0 Å². The third-order valence-corrected chi connectivity index (χ3v) is 9.04. The van der Waals surface area contributed by atoms with Gasteiger partial charge in [0, 0.05) is 38.3 Å². The summed E-state index contributed by atoms with van der Waals surface area (Å²) in [4.78, 5) is 17.2. The molecule has 1 saturated heterocycles. The van der Waals surface area contributed by atoms with E-state index >= 15 is 0 Å². The quantitative estimate of drug-likeness (QED) is 0.432. The molecule has 0 atom stereocenters. The molecule has 1 aliphatic heterocycles. The van der Waals surface area contributed by atoms with Crippen molar-refractivity contribution in [2.45, 2.75) is 24.7 Å². The number of amides is 1. The molecular weight excluding hydrogens is 510 g/mol. The van der Waals surface area contributed by atoms with Gasteiger partial charge in [-0.2, -0.15) is 4.31 Å². The van der Waals surface area contributed by atoms with Crippen LogP contribution in [0.15, 0.2) is 65.6 Å². The monoisotopic (exact) mass is 539 g/mol. The van der Waals surface area contributed by atoms with Crippen LogP contribution in [0.4, 0.5) is 5.82 Å². The molecule has 1 aromatic heterocycles. The molecule has 2 fully saturated rings. The van der Waals surface area contributed by atoms with Gasteiger partial charge < -0.3 is 9.80 Å². The first-order chi connectivity index (χ1) is 17.8. The van der Waals surface area contributed by atoms with E-state index in [1.807, 2.05) is 43.3 Å². The average molecular weight is 540 g/mol. The molecule has 1 saturated carbocycles. The Morgan fingerprint density at radius 2 is 1.68 bits per heavy atom. The number of nitrogens with zero attached hydrogens (tertiary/aromatic N) is 5. The summed E-state index contributed by atoms with van der Waals surface area (Å²) < 4.78 is 28.0. The lowest BCUT2D eigenvalue weighted by Gasteiger charge is -2.36. The topological polar surface area (TPSA) is 86.7 Å². The molecule has 8 nitrogen and oxygen atoms in total. The van der Waals surface area contributed by atoms with E-state index in [0.717, 1.165) is 29.8 Å². The predicted octanol–water partition coefficient (Wildman–Crippen LogP) is 3.85. The van der Waals surface area contributed by atoms with Gasteiger partial charge in [0.2, 0.25) is 15.9 Å². The van der Waals surface area contributed by atoms with Gasteiger partial charge in [0.25, 0.3) is 0 Å². The zero-order valence-electron chi connectivity index (χ0n) is 20.8. The molecule has 2 aromatic carbocycles. The number of benzene rings is 2. The summed E-state index contributed by atoms with van der Waals surface area (Å²) in [5.41, 5.74) is 2.52. The van der Waals surface area contributed by atoms with Crippen molar-refractivity contribution in [3.05, 3.63) is 71.2 Å². The number of halogens is 1. The molecule has 194 valence electrons.